The van der Waals surface area contributed by atoms with E-state index in [0.717, 1.165) is 12.1 Å². The maximum atomic E-state index is 12.5. The molecule has 3 aromatic rings. The number of carbonyl (C=O) groups excluding carboxylic acids is 1. The monoisotopic (exact) mass is 279 g/mol. The third-order valence-corrected chi connectivity index (χ3v) is 4.03. The van der Waals surface area contributed by atoms with Crippen molar-refractivity contribution >= 4 is 27.6 Å². The number of aryl methyl sites for hydroxylation is 1. The van der Waals surface area contributed by atoms with Gasteiger partial charge in [0.25, 0.3) is 0 Å². The van der Waals surface area contributed by atoms with Gasteiger partial charge in [-0.25, -0.2) is 0 Å². The smallest absolute Gasteiger partial charge is 0.168 e. The van der Waals surface area contributed by atoms with E-state index in [1.54, 1.807) is 0 Å². The first kappa shape index (κ1) is 13.9. The van der Waals surface area contributed by atoms with Gasteiger partial charge in [-0.05, 0) is 31.2 Å². The van der Waals surface area contributed by atoms with Crippen LogP contribution in [-0.2, 0) is 6.54 Å². The minimum atomic E-state index is -0.350. The number of nitrogens with zero attached hydrogens (tertiary/aromatic N) is 1. The highest BCUT2D eigenvalue weighted by Crippen LogP contribution is 2.31. The lowest BCUT2D eigenvalue weighted by Gasteiger charge is -2.16. The van der Waals surface area contributed by atoms with E-state index in [1.807, 2.05) is 26.8 Å². The molecule has 0 bridgehead atoms. The van der Waals surface area contributed by atoms with Crippen LogP contribution in [0.2, 0.25) is 0 Å². The second-order valence-corrected chi connectivity index (χ2v) is 6.57. The summed E-state index contributed by atoms with van der Waals surface area (Å²) in [5.74, 6) is 0.192. The molecule has 0 unspecified atom stereocenters. The second-order valence-electron chi connectivity index (χ2n) is 6.57. The van der Waals surface area contributed by atoms with Crippen LogP contribution in [0.1, 0.15) is 38.1 Å². The Morgan fingerprint density at radius 3 is 2.33 bits per heavy atom. The standard InChI is InChI=1S/C19H21NO/c1-5-20-16-9-7-6-8-14(16)15-12-13(10-11-17(15)20)18(21)19(2,3)4/h6-12H,5H2,1-4H3. The third kappa shape index (κ3) is 2.15. The molecule has 3 rings (SSSR count). The Bertz CT molecular complexity index is 834. The van der Waals surface area contributed by atoms with E-state index in [4.69, 9.17) is 0 Å². The molecule has 0 spiro atoms. The van der Waals surface area contributed by atoms with E-state index in [2.05, 4.69) is 47.9 Å². The fraction of sp³-hybridized carbons (Fsp3) is 0.316. The van der Waals surface area contributed by atoms with Gasteiger partial charge < -0.3 is 4.57 Å². The van der Waals surface area contributed by atoms with Gasteiger partial charge in [0.05, 0.1) is 0 Å². The number of hydrogen-bond acceptors (Lipinski definition) is 1. The minimum Gasteiger partial charge on any atom is -0.341 e. The minimum absolute atomic E-state index is 0.192. The van der Waals surface area contributed by atoms with Gasteiger partial charge in [0.1, 0.15) is 0 Å². The summed E-state index contributed by atoms with van der Waals surface area (Å²) in [5, 5.41) is 2.39. The van der Waals surface area contributed by atoms with Gasteiger partial charge in [-0.15, -0.1) is 0 Å². The molecule has 1 aromatic heterocycles. The zero-order chi connectivity index (χ0) is 15.2. The van der Waals surface area contributed by atoms with Crippen LogP contribution < -0.4 is 0 Å². The summed E-state index contributed by atoms with van der Waals surface area (Å²) in [4.78, 5) is 12.5. The molecule has 1 heterocycles. The first-order valence-corrected chi connectivity index (χ1v) is 7.49. The SMILES string of the molecule is CCn1c2ccccc2c2cc(C(=O)C(C)(C)C)ccc21. The van der Waals surface area contributed by atoms with Gasteiger partial charge >= 0.3 is 0 Å². The largest absolute Gasteiger partial charge is 0.341 e. The van der Waals surface area contributed by atoms with Crippen LogP contribution in [0, 0.1) is 5.41 Å². The van der Waals surface area contributed by atoms with Crippen LogP contribution in [0.15, 0.2) is 42.5 Å². The Kier molecular flexibility index (Phi) is 3.12. The molecule has 2 heteroatoms. The number of ketones is 1. The molecule has 0 amide bonds. The summed E-state index contributed by atoms with van der Waals surface area (Å²) in [7, 11) is 0. The molecule has 0 fully saturated rings. The van der Waals surface area contributed by atoms with E-state index < -0.39 is 0 Å². The molecule has 21 heavy (non-hydrogen) atoms. The Balaban J connectivity index is 2.32. The topological polar surface area (TPSA) is 22.0 Å². The Morgan fingerprint density at radius 1 is 1.00 bits per heavy atom. The Morgan fingerprint density at radius 2 is 1.67 bits per heavy atom. The third-order valence-electron chi connectivity index (χ3n) is 4.03. The zero-order valence-corrected chi connectivity index (χ0v) is 13.1. The lowest BCUT2D eigenvalue weighted by Crippen LogP contribution is -2.20. The zero-order valence-electron chi connectivity index (χ0n) is 13.1. The first-order chi connectivity index (χ1) is 9.93. The maximum absolute atomic E-state index is 12.5. The van der Waals surface area contributed by atoms with Crippen LogP contribution in [0.5, 0.6) is 0 Å². The van der Waals surface area contributed by atoms with Gasteiger partial charge in [0, 0.05) is 39.3 Å². The van der Waals surface area contributed by atoms with E-state index in [1.165, 1.54) is 21.8 Å². The van der Waals surface area contributed by atoms with E-state index in [-0.39, 0.29) is 11.2 Å². The molecule has 0 saturated carbocycles. The number of para-hydroxylation sites is 1. The lowest BCUT2D eigenvalue weighted by atomic mass is 9.86. The van der Waals surface area contributed by atoms with Gasteiger partial charge in [0.2, 0.25) is 0 Å². The summed E-state index contributed by atoms with van der Waals surface area (Å²) in [6, 6.07) is 14.5. The predicted molar refractivity (Wildman–Crippen MR) is 88.9 cm³/mol. The van der Waals surface area contributed by atoms with E-state index in [9.17, 15) is 4.79 Å². The number of carbonyl (C=O) groups is 1. The highest BCUT2D eigenvalue weighted by atomic mass is 16.1. The number of aromatic nitrogens is 1. The highest BCUT2D eigenvalue weighted by Gasteiger charge is 2.23. The molecule has 2 nitrogen and oxygen atoms in total. The van der Waals surface area contributed by atoms with Crippen molar-refractivity contribution in [3.8, 4) is 0 Å². The quantitative estimate of drug-likeness (QED) is 0.602. The highest BCUT2D eigenvalue weighted by molar-refractivity contribution is 6.11. The molecular formula is C19H21NO. The molecule has 0 saturated heterocycles. The number of hydrogen-bond donors (Lipinski definition) is 0. The number of Topliss-reactive ketones (excluding diaryl/α,β-unsaturated/α-hetero) is 1. The summed E-state index contributed by atoms with van der Waals surface area (Å²) in [6.07, 6.45) is 0. The molecule has 0 atom stereocenters. The predicted octanol–water partition coefficient (Wildman–Crippen LogP) is 5.04. The average Bonchev–Trinajstić information content (AvgIpc) is 2.78. The average molecular weight is 279 g/mol. The maximum Gasteiger partial charge on any atom is 0.168 e. The van der Waals surface area contributed by atoms with Crippen molar-refractivity contribution < 1.29 is 4.79 Å². The number of benzene rings is 2. The van der Waals surface area contributed by atoms with Crippen LogP contribution in [0.25, 0.3) is 21.8 Å². The lowest BCUT2D eigenvalue weighted by molar-refractivity contribution is 0.0858. The van der Waals surface area contributed by atoms with Gasteiger partial charge in [-0.3, -0.25) is 4.79 Å². The molecule has 0 radical (unpaired) electrons. The summed E-state index contributed by atoms with van der Waals surface area (Å²) >= 11 is 0. The van der Waals surface area contributed by atoms with Crippen LogP contribution in [0.3, 0.4) is 0 Å². The van der Waals surface area contributed by atoms with Crippen molar-refractivity contribution in [1.82, 2.24) is 4.57 Å². The van der Waals surface area contributed by atoms with Crippen LogP contribution in [0.4, 0.5) is 0 Å². The Hall–Kier alpha value is -2.09. The summed E-state index contributed by atoms with van der Waals surface area (Å²) < 4.78 is 2.30. The van der Waals surface area contributed by atoms with Gasteiger partial charge in [0.15, 0.2) is 5.78 Å². The number of rotatable bonds is 2. The van der Waals surface area contributed by atoms with Crippen molar-refractivity contribution in [2.24, 2.45) is 5.41 Å². The van der Waals surface area contributed by atoms with Crippen molar-refractivity contribution in [1.29, 1.82) is 0 Å². The normalized spacial score (nSPS) is 12.2. The van der Waals surface area contributed by atoms with Gasteiger partial charge in [-0.1, -0.05) is 39.0 Å². The molecular weight excluding hydrogens is 258 g/mol. The van der Waals surface area contributed by atoms with Crippen LogP contribution >= 0.6 is 0 Å². The summed E-state index contributed by atoms with van der Waals surface area (Å²) in [5.41, 5.74) is 2.88. The van der Waals surface area contributed by atoms with Crippen molar-refractivity contribution in [3.63, 3.8) is 0 Å². The molecule has 0 N–H and O–H groups in total. The second kappa shape index (κ2) is 4.73. The molecule has 0 aliphatic rings. The molecule has 0 aliphatic carbocycles. The molecule has 0 aliphatic heterocycles. The van der Waals surface area contributed by atoms with Crippen molar-refractivity contribution in [2.75, 3.05) is 0 Å². The number of fused-ring (bicyclic) bond motifs is 3. The Labute approximate surface area is 125 Å². The van der Waals surface area contributed by atoms with Crippen molar-refractivity contribution in [3.05, 3.63) is 48.0 Å². The van der Waals surface area contributed by atoms with Crippen molar-refractivity contribution in [2.45, 2.75) is 34.2 Å². The van der Waals surface area contributed by atoms with Gasteiger partial charge in [-0.2, -0.15) is 0 Å². The van der Waals surface area contributed by atoms with Crippen LogP contribution in [-0.4, -0.2) is 10.4 Å². The fourth-order valence-corrected chi connectivity index (χ4v) is 2.97. The molecule has 108 valence electrons. The fourth-order valence-electron chi connectivity index (χ4n) is 2.97. The van der Waals surface area contributed by atoms with E-state index >= 15 is 0 Å². The molecule has 2 aromatic carbocycles. The summed E-state index contributed by atoms with van der Waals surface area (Å²) in [6.45, 7) is 8.98. The first-order valence-electron chi connectivity index (χ1n) is 7.49. The van der Waals surface area contributed by atoms with E-state index in [0.29, 0.717) is 0 Å².